The van der Waals surface area contributed by atoms with E-state index < -0.39 is 4.92 Å². The molecule has 100 valence electrons. The number of fused-ring (bicyclic) bond motifs is 1. The van der Waals surface area contributed by atoms with E-state index >= 15 is 0 Å². The smallest absolute Gasteiger partial charge is 0.271 e. The molecule has 0 aliphatic heterocycles. The Morgan fingerprint density at radius 3 is 2.45 bits per heavy atom. The third kappa shape index (κ3) is 2.12. The minimum absolute atomic E-state index is 0.0249. The van der Waals surface area contributed by atoms with Gasteiger partial charge in [-0.15, -0.1) is 0 Å². The Morgan fingerprint density at radius 1 is 1.15 bits per heavy atom. The predicted molar refractivity (Wildman–Crippen MR) is 83.1 cm³/mol. The molecular weight excluding hydrogens is 390 g/mol. The van der Waals surface area contributed by atoms with Crippen molar-refractivity contribution in [2.24, 2.45) is 0 Å². The third-order valence-electron chi connectivity index (χ3n) is 2.91. The Bertz CT molecular complexity index is 806. The van der Waals surface area contributed by atoms with E-state index in [4.69, 9.17) is 0 Å². The molecule has 0 saturated carbocycles. The molecule has 0 amide bonds. The lowest BCUT2D eigenvalue weighted by atomic mass is 10.2. The highest BCUT2D eigenvalue weighted by atomic mass is 79.9. The Hall–Kier alpha value is -1.73. The first-order valence-corrected chi connectivity index (χ1v) is 7.22. The van der Waals surface area contributed by atoms with E-state index in [2.05, 4.69) is 36.8 Å². The van der Waals surface area contributed by atoms with Gasteiger partial charge in [-0.2, -0.15) is 0 Å². The number of rotatable bonds is 2. The van der Waals surface area contributed by atoms with Crippen LogP contribution in [0.25, 0.3) is 16.7 Å². The maximum Gasteiger partial charge on any atom is 0.271 e. The second-order valence-corrected chi connectivity index (χ2v) is 5.83. The van der Waals surface area contributed by atoms with Gasteiger partial charge in [0.25, 0.3) is 5.69 Å². The molecule has 0 saturated heterocycles. The van der Waals surface area contributed by atoms with Gasteiger partial charge in [-0.05, 0) is 44.0 Å². The van der Waals surface area contributed by atoms with Gasteiger partial charge in [-0.1, -0.05) is 12.1 Å². The number of halogens is 2. The van der Waals surface area contributed by atoms with E-state index in [1.807, 2.05) is 28.8 Å². The first-order chi connectivity index (χ1) is 9.58. The second-order valence-electron chi connectivity index (χ2n) is 4.12. The monoisotopic (exact) mass is 395 g/mol. The summed E-state index contributed by atoms with van der Waals surface area (Å²) < 4.78 is 3.14. The van der Waals surface area contributed by atoms with E-state index in [-0.39, 0.29) is 5.69 Å². The summed E-state index contributed by atoms with van der Waals surface area (Å²) in [6, 6.07) is 10.7. The van der Waals surface area contributed by atoms with Crippen LogP contribution in [0.15, 0.2) is 51.7 Å². The third-order valence-corrected chi connectivity index (χ3v) is 4.12. The van der Waals surface area contributed by atoms with Crippen molar-refractivity contribution in [1.29, 1.82) is 0 Å². The number of nitro benzene ring substituents is 1. The van der Waals surface area contributed by atoms with Crippen molar-refractivity contribution in [3.05, 3.63) is 61.8 Å². The summed E-state index contributed by atoms with van der Waals surface area (Å²) in [6.07, 6.45) is 1.70. The van der Waals surface area contributed by atoms with Gasteiger partial charge in [-0.25, -0.2) is 4.98 Å². The van der Waals surface area contributed by atoms with Crippen LogP contribution in [0.3, 0.4) is 0 Å². The second kappa shape index (κ2) is 4.99. The van der Waals surface area contributed by atoms with Crippen LogP contribution in [0.1, 0.15) is 0 Å². The normalized spacial score (nSPS) is 10.9. The zero-order valence-corrected chi connectivity index (χ0v) is 13.1. The van der Waals surface area contributed by atoms with Crippen molar-refractivity contribution in [3.8, 4) is 5.69 Å². The Labute approximate surface area is 130 Å². The molecule has 0 atom stereocenters. The first kappa shape index (κ1) is 13.3. The summed E-state index contributed by atoms with van der Waals surface area (Å²) in [5, 5.41) is 10.9. The summed E-state index contributed by atoms with van der Waals surface area (Å²) in [6.45, 7) is 0. The SMILES string of the molecule is O=[N+]([O-])c1cc(Br)c(-n2cnc3ccccc32)c(Br)c1. The van der Waals surface area contributed by atoms with Crippen molar-refractivity contribution in [2.45, 2.75) is 0 Å². The maximum atomic E-state index is 10.9. The van der Waals surface area contributed by atoms with Crippen molar-refractivity contribution in [2.75, 3.05) is 0 Å². The standard InChI is InChI=1S/C13H7Br2N3O2/c14-9-5-8(18(19)20)6-10(15)13(9)17-7-16-11-3-1-2-4-12(11)17/h1-7H. The highest BCUT2D eigenvalue weighted by Gasteiger charge is 2.16. The van der Waals surface area contributed by atoms with Crippen molar-refractivity contribution >= 4 is 48.6 Å². The summed E-state index contributed by atoms with van der Waals surface area (Å²) in [4.78, 5) is 14.8. The van der Waals surface area contributed by atoms with E-state index in [0.29, 0.717) is 8.95 Å². The molecule has 1 aromatic heterocycles. The molecule has 0 unspecified atom stereocenters. The highest BCUT2D eigenvalue weighted by Crippen LogP contribution is 2.35. The molecule has 0 aliphatic rings. The maximum absolute atomic E-state index is 10.9. The molecular formula is C13H7Br2N3O2. The van der Waals surface area contributed by atoms with Crippen LogP contribution in [0, 0.1) is 10.1 Å². The molecule has 0 spiro atoms. The Balaban J connectivity index is 2.27. The molecule has 0 bridgehead atoms. The molecule has 0 fully saturated rings. The topological polar surface area (TPSA) is 61.0 Å². The molecule has 3 aromatic rings. The van der Waals surface area contributed by atoms with Gasteiger partial charge in [0.1, 0.15) is 6.33 Å². The van der Waals surface area contributed by atoms with Gasteiger partial charge < -0.3 is 0 Å². The quantitative estimate of drug-likeness (QED) is 0.474. The number of hydrogen-bond donors (Lipinski definition) is 0. The molecule has 0 aliphatic carbocycles. The minimum Gasteiger partial charge on any atom is -0.297 e. The number of benzene rings is 2. The zero-order valence-electron chi connectivity index (χ0n) is 9.96. The van der Waals surface area contributed by atoms with Crippen LogP contribution >= 0.6 is 31.9 Å². The van der Waals surface area contributed by atoms with E-state index in [1.54, 1.807) is 6.33 Å². The van der Waals surface area contributed by atoms with Gasteiger partial charge in [-0.3, -0.25) is 14.7 Å². The number of nitrogens with zero attached hydrogens (tertiary/aromatic N) is 3. The number of nitro groups is 1. The predicted octanol–water partition coefficient (Wildman–Crippen LogP) is 4.46. The van der Waals surface area contributed by atoms with E-state index in [0.717, 1.165) is 16.7 Å². The fraction of sp³-hybridized carbons (Fsp3) is 0. The van der Waals surface area contributed by atoms with E-state index in [9.17, 15) is 10.1 Å². The van der Waals surface area contributed by atoms with Crippen LogP contribution in [0.5, 0.6) is 0 Å². The summed E-state index contributed by atoms with van der Waals surface area (Å²) in [5.41, 5.74) is 2.61. The fourth-order valence-corrected chi connectivity index (χ4v) is 3.57. The van der Waals surface area contributed by atoms with Crippen LogP contribution < -0.4 is 0 Å². The fourth-order valence-electron chi connectivity index (χ4n) is 2.03. The molecule has 20 heavy (non-hydrogen) atoms. The Morgan fingerprint density at radius 2 is 1.80 bits per heavy atom. The van der Waals surface area contributed by atoms with Crippen LogP contribution in [0.4, 0.5) is 5.69 Å². The average Bonchev–Trinajstić information content (AvgIpc) is 2.82. The van der Waals surface area contributed by atoms with Crippen molar-refractivity contribution in [1.82, 2.24) is 9.55 Å². The number of hydrogen-bond acceptors (Lipinski definition) is 3. The average molecular weight is 397 g/mol. The Kier molecular flexibility index (Phi) is 3.31. The van der Waals surface area contributed by atoms with Crippen molar-refractivity contribution < 1.29 is 4.92 Å². The number of imidazole rings is 1. The van der Waals surface area contributed by atoms with Gasteiger partial charge in [0.2, 0.25) is 0 Å². The number of para-hydroxylation sites is 2. The zero-order chi connectivity index (χ0) is 14.3. The van der Waals surface area contributed by atoms with Crippen molar-refractivity contribution in [3.63, 3.8) is 0 Å². The van der Waals surface area contributed by atoms with Crippen LogP contribution in [0.2, 0.25) is 0 Å². The van der Waals surface area contributed by atoms with E-state index in [1.165, 1.54) is 12.1 Å². The lowest BCUT2D eigenvalue weighted by Crippen LogP contribution is -1.97. The molecule has 3 rings (SSSR count). The highest BCUT2D eigenvalue weighted by molar-refractivity contribution is 9.11. The molecule has 0 N–H and O–H groups in total. The summed E-state index contributed by atoms with van der Waals surface area (Å²) in [5.74, 6) is 0. The van der Waals surface area contributed by atoms with Gasteiger partial charge >= 0.3 is 0 Å². The lowest BCUT2D eigenvalue weighted by Gasteiger charge is -2.09. The van der Waals surface area contributed by atoms with Gasteiger partial charge in [0.05, 0.1) is 21.6 Å². The molecule has 0 radical (unpaired) electrons. The lowest BCUT2D eigenvalue weighted by molar-refractivity contribution is -0.385. The molecule has 7 heteroatoms. The van der Waals surface area contributed by atoms with Crippen LogP contribution in [-0.4, -0.2) is 14.5 Å². The molecule has 1 heterocycles. The molecule has 5 nitrogen and oxygen atoms in total. The molecule has 2 aromatic carbocycles. The van der Waals surface area contributed by atoms with Gasteiger partial charge in [0, 0.05) is 21.1 Å². The largest absolute Gasteiger partial charge is 0.297 e. The number of non-ortho nitro benzene ring substituents is 1. The van der Waals surface area contributed by atoms with Crippen LogP contribution in [-0.2, 0) is 0 Å². The minimum atomic E-state index is -0.425. The number of aromatic nitrogens is 2. The first-order valence-electron chi connectivity index (χ1n) is 5.64. The van der Waals surface area contributed by atoms with Gasteiger partial charge in [0.15, 0.2) is 0 Å². The summed E-state index contributed by atoms with van der Waals surface area (Å²) in [7, 11) is 0. The summed E-state index contributed by atoms with van der Waals surface area (Å²) >= 11 is 6.78.